The molecule has 0 aliphatic carbocycles. The molecular weight excluding hydrogens is 374 g/mol. The predicted octanol–water partition coefficient (Wildman–Crippen LogP) is 3.22. The molecule has 0 saturated heterocycles. The van der Waals surface area contributed by atoms with Gasteiger partial charge in [-0.05, 0) is 43.5 Å². The number of hydrogen-bond acceptors (Lipinski definition) is 8. The van der Waals surface area contributed by atoms with E-state index in [-0.39, 0.29) is 17.6 Å². The minimum atomic E-state index is -0.632. The monoisotopic (exact) mass is 395 g/mol. The molecule has 140 valence electrons. The Hall–Kier alpha value is -2.13. The van der Waals surface area contributed by atoms with Gasteiger partial charge in [0.25, 0.3) is 5.91 Å². The first-order chi connectivity index (χ1) is 12.4. The highest BCUT2D eigenvalue weighted by Crippen LogP contribution is 2.26. The van der Waals surface area contributed by atoms with Crippen LogP contribution in [0.25, 0.3) is 0 Å². The van der Waals surface area contributed by atoms with Gasteiger partial charge in [-0.15, -0.1) is 10.2 Å². The normalized spacial score (nSPS) is 11.7. The molecule has 0 unspecified atom stereocenters. The fraction of sp³-hybridized carbons (Fsp3) is 0.412. The Balaban J connectivity index is 1.95. The lowest BCUT2D eigenvalue weighted by Gasteiger charge is -2.17. The van der Waals surface area contributed by atoms with Crippen molar-refractivity contribution in [2.45, 2.75) is 37.6 Å². The highest BCUT2D eigenvalue weighted by atomic mass is 32.2. The quantitative estimate of drug-likeness (QED) is 0.417. The number of rotatable bonds is 8. The SMILES string of the molecule is CC[C@@H](Oc1ccc(C)c(C)c1)C(=O)Nc1nnc(SCC(=O)OC)s1. The molecule has 2 aromatic rings. The Morgan fingerprint density at radius 3 is 2.69 bits per heavy atom. The Morgan fingerprint density at radius 1 is 1.27 bits per heavy atom. The molecule has 26 heavy (non-hydrogen) atoms. The summed E-state index contributed by atoms with van der Waals surface area (Å²) in [5.74, 6) is 0.170. The number of methoxy groups -OCH3 is 1. The highest BCUT2D eigenvalue weighted by Gasteiger charge is 2.20. The summed E-state index contributed by atoms with van der Waals surface area (Å²) in [4.78, 5) is 23.6. The van der Waals surface area contributed by atoms with Crippen LogP contribution >= 0.6 is 23.1 Å². The second-order valence-corrected chi connectivity index (χ2v) is 7.69. The Labute approximate surface area is 160 Å². The van der Waals surface area contributed by atoms with Gasteiger partial charge in [-0.25, -0.2) is 0 Å². The zero-order valence-electron chi connectivity index (χ0n) is 15.1. The van der Waals surface area contributed by atoms with Gasteiger partial charge in [0.15, 0.2) is 10.4 Å². The third kappa shape index (κ3) is 5.70. The van der Waals surface area contributed by atoms with E-state index >= 15 is 0 Å². The highest BCUT2D eigenvalue weighted by molar-refractivity contribution is 8.01. The minimum Gasteiger partial charge on any atom is -0.481 e. The molecule has 1 aromatic heterocycles. The first kappa shape index (κ1) is 20.2. The van der Waals surface area contributed by atoms with Crippen LogP contribution in [-0.2, 0) is 14.3 Å². The molecule has 0 aliphatic heterocycles. The molecule has 0 spiro atoms. The fourth-order valence-electron chi connectivity index (χ4n) is 1.96. The molecule has 0 radical (unpaired) electrons. The average Bonchev–Trinajstić information content (AvgIpc) is 3.07. The number of anilines is 1. The zero-order chi connectivity index (χ0) is 19.1. The molecule has 1 atom stereocenters. The third-order valence-corrected chi connectivity index (χ3v) is 5.54. The summed E-state index contributed by atoms with van der Waals surface area (Å²) in [5.41, 5.74) is 2.27. The number of nitrogens with zero attached hydrogens (tertiary/aromatic N) is 2. The van der Waals surface area contributed by atoms with Gasteiger partial charge in [-0.2, -0.15) is 0 Å². The second-order valence-electron chi connectivity index (χ2n) is 5.49. The minimum absolute atomic E-state index is 0.145. The number of amides is 1. The number of nitrogens with one attached hydrogen (secondary N) is 1. The zero-order valence-corrected chi connectivity index (χ0v) is 16.7. The largest absolute Gasteiger partial charge is 0.481 e. The van der Waals surface area contributed by atoms with Gasteiger partial charge < -0.3 is 9.47 Å². The lowest BCUT2D eigenvalue weighted by molar-refractivity contribution is -0.137. The first-order valence-electron chi connectivity index (χ1n) is 8.00. The summed E-state index contributed by atoms with van der Waals surface area (Å²) in [6.45, 7) is 5.90. The van der Waals surface area contributed by atoms with Crippen molar-refractivity contribution < 1.29 is 19.1 Å². The molecule has 0 fully saturated rings. The molecule has 1 amide bonds. The number of esters is 1. The molecule has 1 heterocycles. The predicted molar refractivity (Wildman–Crippen MR) is 102 cm³/mol. The van der Waals surface area contributed by atoms with Crippen molar-refractivity contribution in [2.75, 3.05) is 18.2 Å². The van der Waals surface area contributed by atoms with E-state index in [4.69, 9.17) is 4.74 Å². The van der Waals surface area contributed by atoms with Crippen LogP contribution < -0.4 is 10.1 Å². The number of thioether (sulfide) groups is 1. The van der Waals surface area contributed by atoms with E-state index in [2.05, 4.69) is 20.3 Å². The molecule has 1 N–H and O–H groups in total. The average molecular weight is 396 g/mol. The number of carbonyl (C=O) groups is 2. The van der Waals surface area contributed by atoms with E-state index in [1.54, 1.807) is 0 Å². The van der Waals surface area contributed by atoms with Gasteiger partial charge in [0, 0.05) is 0 Å². The van der Waals surface area contributed by atoms with Crippen LogP contribution in [0, 0.1) is 13.8 Å². The van der Waals surface area contributed by atoms with Crippen molar-refractivity contribution >= 4 is 40.1 Å². The van der Waals surface area contributed by atoms with E-state index in [9.17, 15) is 9.59 Å². The molecule has 0 aliphatic rings. The van der Waals surface area contributed by atoms with Gasteiger partial charge in [0.1, 0.15) is 5.75 Å². The van der Waals surface area contributed by atoms with Crippen LogP contribution in [-0.4, -0.2) is 41.0 Å². The van der Waals surface area contributed by atoms with Crippen molar-refractivity contribution in [3.63, 3.8) is 0 Å². The van der Waals surface area contributed by atoms with Crippen molar-refractivity contribution in [1.82, 2.24) is 10.2 Å². The van der Waals surface area contributed by atoms with Gasteiger partial charge >= 0.3 is 5.97 Å². The summed E-state index contributed by atoms with van der Waals surface area (Å²) in [5, 5.41) is 10.9. The number of ether oxygens (including phenoxy) is 2. The number of carbonyl (C=O) groups excluding carboxylic acids is 2. The lowest BCUT2D eigenvalue weighted by Crippen LogP contribution is -2.32. The summed E-state index contributed by atoms with van der Waals surface area (Å²) in [6.07, 6.45) is -0.117. The number of benzene rings is 1. The van der Waals surface area contributed by atoms with Gasteiger partial charge in [0.2, 0.25) is 5.13 Å². The van der Waals surface area contributed by atoms with E-state index < -0.39 is 6.10 Å². The van der Waals surface area contributed by atoms with Crippen molar-refractivity contribution in [3.8, 4) is 5.75 Å². The maximum Gasteiger partial charge on any atom is 0.316 e. The van der Waals surface area contributed by atoms with E-state index in [1.807, 2.05) is 39.0 Å². The molecule has 2 rings (SSSR count). The fourth-order valence-corrected chi connectivity index (χ4v) is 3.55. The molecular formula is C17H21N3O4S2. The lowest BCUT2D eigenvalue weighted by atomic mass is 10.1. The van der Waals surface area contributed by atoms with Crippen molar-refractivity contribution in [3.05, 3.63) is 29.3 Å². The molecule has 0 saturated carbocycles. The summed E-state index contributed by atoms with van der Waals surface area (Å²) >= 11 is 2.41. The van der Waals surface area contributed by atoms with E-state index in [0.717, 1.165) is 5.56 Å². The molecule has 9 heteroatoms. The second kappa shape index (κ2) is 9.54. The third-order valence-electron chi connectivity index (χ3n) is 3.60. The van der Waals surface area contributed by atoms with Crippen LogP contribution in [0.4, 0.5) is 5.13 Å². The van der Waals surface area contributed by atoms with E-state index in [0.29, 0.717) is 21.6 Å². The Kier molecular flexibility index (Phi) is 7.40. The van der Waals surface area contributed by atoms with Crippen LogP contribution in [0.2, 0.25) is 0 Å². The molecule has 7 nitrogen and oxygen atoms in total. The van der Waals surface area contributed by atoms with Gasteiger partial charge in [-0.3, -0.25) is 14.9 Å². The Bertz CT molecular complexity index is 779. The van der Waals surface area contributed by atoms with Gasteiger partial charge in [0.05, 0.1) is 12.9 Å². The number of aromatic nitrogens is 2. The van der Waals surface area contributed by atoms with Crippen LogP contribution in [0.15, 0.2) is 22.5 Å². The molecule has 0 bridgehead atoms. The van der Waals surface area contributed by atoms with Gasteiger partial charge in [-0.1, -0.05) is 36.1 Å². The number of aryl methyl sites for hydroxylation is 2. The smallest absolute Gasteiger partial charge is 0.316 e. The number of hydrogen-bond donors (Lipinski definition) is 1. The van der Waals surface area contributed by atoms with Crippen molar-refractivity contribution in [1.29, 1.82) is 0 Å². The van der Waals surface area contributed by atoms with Crippen LogP contribution in [0.5, 0.6) is 5.75 Å². The van der Waals surface area contributed by atoms with Crippen LogP contribution in [0.1, 0.15) is 24.5 Å². The van der Waals surface area contributed by atoms with Crippen LogP contribution in [0.3, 0.4) is 0 Å². The molecule has 1 aromatic carbocycles. The summed E-state index contributed by atoms with van der Waals surface area (Å²) in [6, 6.07) is 5.73. The maximum absolute atomic E-state index is 12.4. The van der Waals surface area contributed by atoms with E-state index in [1.165, 1.54) is 35.8 Å². The summed E-state index contributed by atoms with van der Waals surface area (Å²) < 4.78 is 11.0. The maximum atomic E-state index is 12.4. The first-order valence-corrected chi connectivity index (χ1v) is 9.81. The summed E-state index contributed by atoms with van der Waals surface area (Å²) in [7, 11) is 1.33. The standard InChI is InChI=1S/C17H21N3O4S2/c1-5-13(24-12-7-6-10(2)11(3)8-12)15(22)18-16-19-20-17(26-16)25-9-14(21)23-4/h6-8,13H,5,9H2,1-4H3,(H,18,19,22)/t13-/m1/s1. The Morgan fingerprint density at radius 2 is 2.04 bits per heavy atom. The van der Waals surface area contributed by atoms with Crippen molar-refractivity contribution in [2.24, 2.45) is 0 Å². The topological polar surface area (TPSA) is 90.4 Å².